The molecule has 0 heterocycles. The second-order valence-corrected chi connectivity index (χ2v) is 11.2. The number of rotatable bonds is 7. The van der Waals surface area contributed by atoms with E-state index < -0.39 is 14.6 Å². The van der Waals surface area contributed by atoms with Gasteiger partial charge in [0.2, 0.25) is 0 Å². The smallest absolute Gasteiger partial charge is 0.155 e. The van der Waals surface area contributed by atoms with E-state index >= 15 is 0 Å². The van der Waals surface area contributed by atoms with Gasteiger partial charge < -0.3 is 0 Å². The molecule has 0 saturated heterocycles. The topological polar surface area (TPSA) is 34.1 Å². The summed E-state index contributed by atoms with van der Waals surface area (Å²) in [7, 11) is -2.93. The molecule has 3 heteroatoms. The van der Waals surface area contributed by atoms with Gasteiger partial charge in [-0.15, -0.1) is 0 Å². The molecule has 0 aromatic carbocycles. The predicted octanol–water partition coefficient (Wildman–Crippen LogP) is 5.90. The van der Waals surface area contributed by atoms with E-state index in [4.69, 9.17) is 0 Å². The molecule has 2 nitrogen and oxygen atoms in total. The van der Waals surface area contributed by atoms with E-state index in [2.05, 4.69) is 13.8 Å². The Morgan fingerprint density at radius 3 is 2.04 bits per heavy atom. The van der Waals surface area contributed by atoms with Gasteiger partial charge in [-0.2, -0.15) is 0 Å². The third-order valence-electron chi connectivity index (χ3n) is 7.02. The van der Waals surface area contributed by atoms with Crippen molar-refractivity contribution in [2.45, 2.75) is 109 Å². The fraction of sp³-hybridized carbons (Fsp3) is 1.00. The molecule has 0 amide bonds. The summed E-state index contributed by atoms with van der Waals surface area (Å²) < 4.78 is 25.1. The first-order valence-electron chi connectivity index (χ1n) is 10.1. The SMILES string of the molecule is CCCCS(=O)(=O)C1(C)CCC(C2(CCC)CCCCC2)CC1. The van der Waals surface area contributed by atoms with Crippen LogP contribution in [0.4, 0.5) is 0 Å². The van der Waals surface area contributed by atoms with Crippen LogP contribution in [0.3, 0.4) is 0 Å². The Morgan fingerprint density at radius 1 is 0.913 bits per heavy atom. The van der Waals surface area contributed by atoms with Gasteiger partial charge in [0, 0.05) is 0 Å². The zero-order valence-electron chi connectivity index (χ0n) is 15.7. The van der Waals surface area contributed by atoms with Gasteiger partial charge in [0.15, 0.2) is 9.84 Å². The molecule has 2 aliphatic carbocycles. The van der Waals surface area contributed by atoms with Crippen LogP contribution in [0.25, 0.3) is 0 Å². The highest BCUT2D eigenvalue weighted by atomic mass is 32.2. The second kappa shape index (κ2) is 7.89. The Labute approximate surface area is 144 Å². The van der Waals surface area contributed by atoms with Crippen LogP contribution in [0, 0.1) is 11.3 Å². The van der Waals surface area contributed by atoms with E-state index in [0.29, 0.717) is 11.2 Å². The van der Waals surface area contributed by atoms with Crippen LogP contribution in [0.15, 0.2) is 0 Å². The summed E-state index contributed by atoms with van der Waals surface area (Å²) in [6.07, 6.45) is 15.5. The molecular weight excluding hydrogens is 304 g/mol. The lowest BCUT2D eigenvalue weighted by molar-refractivity contribution is 0.0504. The quantitative estimate of drug-likeness (QED) is 0.577. The molecule has 0 aromatic rings. The highest BCUT2D eigenvalue weighted by Gasteiger charge is 2.47. The largest absolute Gasteiger partial charge is 0.228 e. The number of unbranched alkanes of at least 4 members (excludes halogenated alkanes) is 1. The average molecular weight is 343 g/mol. The molecule has 2 saturated carbocycles. The molecule has 0 unspecified atom stereocenters. The summed E-state index contributed by atoms with van der Waals surface area (Å²) in [6.45, 7) is 6.42. The molecule has 0 radical (unpaired) electrons. The second-order valence-electron chi connectivity index (χ2n) is 8.57. The van der Waals surface area contributed by atoms with E-state index in [1.807, 2.05) is 6.92 Å². The van der Waals surface area contributed by atoms with Gasteiger partial charge in [0.25, 0.3) is 0 Å². The van der Waals surface area contributed by atoms with Crippen molar-refractivity contribution in [2.24, 2.45) is 11.3 Å². The van der Waals surface area contributed by atoms with Crippen LogP contribution in [0.2, 0.25) is 0 Å². The zero-order valence-corrected chi connectivity index (χ0v) is 16.5. The molecule has 23 heavy (non-hydrogen) atoms. The van der Waals surface area contributed by atoms with Gasteiger partial charge in [-0.3, -0.25) is 0 Å². The van der Waals surface area contributed by atoms with Crippen molar-refractivity contribution in [3.8, 4) is 0 Å². The third-order valence-corrected chi connectivity index (χ3v) is 9.76. The Hall–Kier alpha value is -0.0500. The molecule has 0 N–H and O–H groups in total. The van der Waals surface area contributed by atoms with Crippen molar-refractivity contribution in [1.29, 1.82) is 0 Å². The first-order chi connectivity index (χ1) is 10.9. The van der Waals surface area contributed by atoms with Crippen LogP contribution >= 0.6 is 0 Å². The molecule has 0 aliphatic heterocycles. The number of hydrogen-bond donors (Lipinski definition) is 0. The molecule has 136 valence electrons. The third kappa shape index (κ3) is 4.14. The molecule has 2 aliphatic rings. The monoisotopic (exact) mass is 342 g/mol. The summed E-state index contributed by atoms with van der Waals surface area (Å²) in [6, 6.07) is 0. The van der Waals surface area contributed by atoms with Crippen LogP contribution < -0.4 is 0 Å². The summed E-state index contributed by atoms with van der Waals surface area (Å²) >= 11 is 0. The molecule has 0 atom stereocenters. The molecular formula is C20H38O2S. The minimum Gasteiger partial charge on any atom is -0.228 e. The number of hydrogen-bond acceptors (Lipinski definition) is 2. The van der Waals surface area contributed by atoms with Crippen molar-refractivity contribution in [2.75, 3.05) is 5.75 Å². The van der Waals surface area contributed by atoms with Gasteiger partial charge >= 0.3 is 0 Å². The Morgan fingerprint density at radius 2 is 1.52 bits per heavy atom. The Bertz CT molecular complexity index is 447. The lowest BCUT2D eigenvalue weighted by Crippen LogP contribution is -2.44. The van der Waals surface area contributed by atoms with Crippen molar-refractivity contribution < 1.29 is 8.42 Å². The van der Waals surface area contributed by atoms with E-state index in [-0.39, 0.29) is 0 Å². The first kappa shape index (κ1) is 19.3. The summed E-state index contributed by atoms with van der Waals surface area (Å²) in [5.41, 5.74) is 0.543. The Kier molecular flexibility index (Phi) is 6.61. The van der Waals surface area contributed by atoms with Crippen molar-refractivity contribution >= 4 is 9.84 Å². The molecule has 2 rings (SSSR count). The molecule has 0 spiro atoms. The van der Waals surface area contributed by atoms with E-state index in [1.165, 1.54) is 44.9 Å². The highest BCUT2D eigenvalue weighted by molar-refractivity contribution is 7.92. The maximum atomic E-state index is 12.8. The summed E-state index contributed by atoms with van der Waals surface area (Å²) in [4.78, 5) is 0. The zero-order chi connectivity index (χ0) is 17.0. The van der Waals surface area contributed by atoms with Crippen LogP contribution in [-0.2, 0) is 9.84 Å². The summed E-state index contributed by atoms with van der Waals surface area (Å²) in [5, 5.41) is 0. The van der Waals surface area contributed by atoms with Gasteiger partial charge in [-0.05, 0) is 69.6 Å². The minimum absolute atomic E-state index is 0.394. The normalized spacial score (nSPS) is 31.9. The van der Waals surface area contributed by atoms with Gasteiger partial charge in [0.05, 0.1) is 10.5 Å². The van der Waals surface area contributed by atoms with Gasteiger partial charge in [0.1, 0.15) is 0 Å². The lowest BCUT2D eigenvalue weighted by atomic mass is 9.59. The maximum Gasteiger partial charge on any atom is 0.155 e. The first-order valence-corrected chi connectivity index (χ1v) is 11.8. The molecule has 0 aromatic heterocycles. The van der Waals surface area contributed by atoms with Crippen molar-refractivity contribution in [1.82, 2.24) is 0 Å². The average Bonchev–Trinajstić information content (AvgIpc) is 2.54. The number of sulfone groups is 1. The molecule has 0 bridgehead atoms. The fourth-order valence-corrected chi connectivity index (χ4v) is 7.37. The van der Waals surface area contributed by atoms with Crippen LogP contribution in [-0.4, -0.2) is 18.9 Å². The van der Waals surface area contributed by atoms with E-state index in [1.54, 1.807) is 0 Å². The maximum absolute atomic E-state index is 12.8. The van der Waals surface area contributed by atoms with Crippen molar-refractivity contribution in [3.05, 3.63) is 0 Å². The van der Waals surface area contributed by atoms with E-state index in [0.717, 1.165) is 44.4 Å². The highest BCUT2D eigenvalue weighted by Crippen LogP contribution is 2.53. The lowest BCUT2D eigenvalue weighted by Gasteiger charge is -2.48. The fourth-order valence-electron chi connectivity index (χ4n) is 5.35. The van der Waals surface area contributed by atoms with Gasteiger partial charge in [-0.1, -0.05) is 46.0 Å². The van der Waals surface area contributed by atoms with Crippen molar-refractivity contribution in [3.63, 3.8) is 0 Å². The molecule has 2 fully saturated rings. The van der Waals surface area contributed by atoms with Crippen LogP contribution in [0.5, 0.6) is 0 Å². The minimum atomic E-state index is -2.93. The Balaban J connectivity index is 2.04. The predicted molar refractivity (Wildman–Crippen MR) is 99.5 cm³/mol. The van der Waals surface area contributed by atoms with E-state index in [9.17, 15) is 8.42 Å². The van der Waals surface area contributed by atoms with Gasteiger partial charge in [-0.25, -0.2) is 8.42 Å². The van der Waals surface area contributed by atoms with Crippen LogP contribution in [0.1, 0.15) is 104 Å². The standard InChI is InChI=1S/C20H38O2S/c1-4-6-17-23(21,22)19(3)15-10-18(11-16-19)20(12-5-2)13-8-7-9-14-20/h18H,4-17H2,1-3H3. The summed E-state index contributed by atoms with van der Waals surface area (Å²) in [5.74, 6) is 1.17.